The molecule has 0 spiro atoms. The lowest BCUT2D eigenvalue weighted by Crippen LogP contribution is -1.94. The fourth-order valence-electron chi connectivity index (χ4n) is 4.26. The molecule has 2 heterocycles. The number of fused-ring (bicyclic) bond motifs is 6. The summed E-state index contributed by atoms with van der Waals surface area (Å²) in [4.78, 5) is 0. The second-order valence-corrected chi connectivity index (χ2v) is 7.05. The maximum Gasteiger partial charge on any atom is 0.202 e. The second kappa shape index (κ2) is 3.83. The van der Waals surface area contributed by atoms with Crippen LogP contribution in [0, 0.1) is 0 Å². The molecule has 0 radical (unpaired) electrons. The van der Waals surface area contributed by atoms with Crippen molar-refractivity contribution in [3.05, 3.63) is 40.8 Å². The summed E-state index contributed by atoms with van der Waals surface area (Å²) < 4.78 is 2.82. The van der Waals surface area contributed by atoms with Crippen LogP contribution >= 0.6 is 11.3 Å². The van der Waals surface area contributed by atoms with Crippen LogP contribution in [0.25, 0.3) is 15.8 Å². The van der Waals surface area contributed by atoms with E-state index in [9.17, 15) is 10.2 Å². The molecule has 2 atom stereocenters. The molecule has 3 nitrogen and oxygen atoms in total. The van der Waals surface area contributed by atoms with Gasteiger partial charge in [-0.3, -0.25) is 0 Å². The predicted molar refractivity (Wildman–Crippen MR) is 83.8 cm³/mol. The first-order chi connectivity index (χ1) is 10.3. The summed E-state index contributed by atoms with van der Waals surface area (Å²) in [7, 11) is 0. The number of aromatic hydroxyl groups is 2. The highest BCUT2D eigenvalue weighted by Gasteiger charge is 2.44. The van der Waals surface area contributed by atoms with Gasteiger partial charge >= 0.3 is 0 Å². The van der Waals surface area contributed by atoms with Crippen LogP contribution in [0.3, 0.4) is 0 Å². The number of aromatic nitrogens is 1. The zero-order chi connectivity index (χ0) is 14.1. The van der Waals surface area contributed by atoms with E-state index < -0.39 is 0 Å². The molecule has 4 heteroatoms. The highest BCUT2D eigenvalue weighted by molar-refractivity contribution is 7.17. The van der Waals surface area contributed by atoms with Gasteiger partial charge in [0.15, 0.2) is 0 Å². The quantitative estimate of drug-likeness (QED) is 0.696. The van der Waals surface area contributed by atoms with Crippen molar-refractivity contribution < 1.29 is 10.2 Å². The van der Waals surface area contributed by atoms with Gasteiger partial charge in [0, 0.05) is 26.6 Å². The Kier molecular flexibility index (Phi) is 2.13. The van der Waals surface area contributed by atoms with E-state index in [1.807, 2.05) is 23.6 Å². The fourth-order valence-corrected chi connectivity index (χ4v) is 5.19. The maximum atomic E-state index is 10.7. The first-order valence-corrected chi connectivity index (χ1v) is 8.26. The summed E-state index contributed by atoms with van der Waals surface area (Å²) in [5.74, 6) is 1.36. The highest BCUT2D eigenvalue weighted by Crippen LogP contribution is 2.60. The Balaban J connectivity index is 1.82. The summed E-state index contributed by atoms with van der Waals surface area (Å²) in [5.41, 5.74) is 2.89. The Morgan fingerprint density at radius 1 is 1.00 bits per heavy atom. The maximum absolute atomic E-state index is 10.7. The van der Waals surface area contributed by atoms with Gasteiger partial charge < -0.3 is 10.2 Å². The van der Waals surface area contributed by atoms with Crippen molar-refractivity contribution in [2.24, 2.45) is 0 Å². The Morgan fingerprint density at radius 2 is 1.67 bits per heavy atom. The Labute approximate surface area is 126 Å². The van der Waals surface area contributed by atoms with E-state index >= 15 is 0 Å². The summed E-state index contributed by atoms with van der Waals surface area (Å²) in [6.45, 7) is 0. The van der Waals surface area contributed by atoms with Crippen molar-refractivity contribution in [2.45, 2.75) is 31.1 Å². The van der Waals surface area contributed by atoms with Crippen LogP contribution in [0.2, 0.25) is 0 Å². The number of hydrogen-bond donors (Lipinski definition) is 2. The van der Waals surface area contributed by atoms with Crippen molar-refractivity contribution in [2.75, 3.05) is 0 Å². The molecule has 2 aromatic heterocycles. The molecule has 3 aromatic rings. The molecule has 0 unspecified atom stereocenters. The van der Waals surface area contributed by atoms with Crippen LogP contribution in [0.15, 0.2) is 29.6 Å². The van der Waals surface area contributed by atoms with Crippen LogP contribution in [-0.4, -0.2) is 14.8 Å². The number of hydrogen-bond acceptors (Lipinski definition) is 3. The van der Waals surface area contributed by atoms with Crippen LogP contribution in [0.4, 0.5) is 0 Å². The Morgan fingerprint density at radius 3 is 2.38 bits per heavy atom. The SMILES string of the molecule is Oc1c2c(c(O)n1-c1csc3ccccc13)[C@H]1CC[C@@H]2C1. The zero-order valence-corrected chi connectivity index (χ0v) is 12.2. The van der Waals surface area contributed by atoms with Gasteiger partial charge in [-0.05, 0) is 37.2 Å². The number of benzene rings is 1. The molecule has 2 aliphatic rings. The lowest BCUT2D eigenvalue weighted by atomic mass is 9.95. The molecule has 106 valence electrons. The monoisotopic (exact) mass is 297 g/mol. The van der Waals surface area contributed by atoms with Crippen molar-refractivity contribution in [1.29, 1.82) is 0 Å². The van der Waals surface area contributed by atoms with Gasteiger partial charge in [-0.1, -0.05) is 18.2 Å². The van der Waals surface area contributed by atoms with Gasteiger partial charge in [0.25, 0.3) is 0 Å². The third kappa shape index (κ3) is 1.34. The van der Waals surface area contributed by atoms with E-state index in [1.54, 1.807) is 15.9 Å². The lowest BCUT2D eigenvalue weighted by Gasteiger charge is -2.09. The third-order valence-corrected chi connectivity index (χ3v) is 6.10. The normalized spacial score (nSPS) is 23.0. The third-order valence-electron chi connectivity index (χ3n) is 5.15. The molecular weight excluding hydrogens is 282 g/mol. The summed E-state index contributed by atoms with van der Waals surface area (Å²) in [5, 5.41) is 24.5. The smallest absolute Gasteiger partial charge is 0.202 e. The van der Waals surface area contributed by atoms with Gasteiger partial charge in [-0.2, -0.15) is 0 Å². The van der Waals surface area contributed by atoms with Crippen LogP contribution in [0.5, 0.6) is 11.8 Å². The minimum absolute atomic E-state index is 0.248. The topological polar surface area (TPSA) is 45.4 Å². The first kappa shape index (κ1) is 11.7. The predicted octanol–water partition coefficient (Wildman–Crippen LogP) is 4.47. The molecule has 2 N–H and O–H groups in total. The molecular formula is C17H15NO2S. The second-order valence-electron chi connectivity index (χ2n) is 6.13. The summed E-state index contributed by atoms with van der Waals surface area (Å²) in [6.07, 6.45) is 3.37. The molecule has 21 heavy (non-hydrogen) atoms. The number of nitrogens with zero attached hydrogens (tertiary/aromatic N) is 1. The van der Waals surface area contributed by atoms with Crippen LogP contribution < -0.4 is 0 Å². The molecule has 2 bridgehead atoms. The van der Waals surface area contributed by atoms with Gasteiger partial charge in [0.1, 0.15) is 0 Å². The summed E-state index contributed by atoms with van der Waals surface area (Å²) in [6, 6.07) is 8.12. The molecule has 0 aliphatic heterocycles. The molecule has 0 amide bonds. The van der Waals surface area contributed by atoms with Crippen molar-refractivity contribution in [3.8, 4) is 17.4 Å². The zero-order valence-electron chi connectivity index (χ0n) is 11.4. The highest BCUT2D eigenvalue weighted by atomic mass is 32.1. The average molecular weight is 297 g/mol. The van der Waals surface area contributed by atoms with E-state index in [4.69, 9.17) is 0 Å². The summed E-state index contributed by atoms with van der Waals surface area (Å²) >= 11 is 1.64. The Bertz CT molecular complexity index is 843. The Hall–Kier alpha value is -1.94. The number of thiophene rings is 1. The fraction of sp³-hybridized carbons (Fsp3) is 0.294. The molecule has 5 rings (SSSR count). The van der Waals surface area contributed by atoms with E-state index in [-0.39, 0.29) is 11.8 Å². The minimum atomic E-state index is 0.248. The van der Waals surface area contributed by atoms with Crippen molar-refractivity contribution >= 4 is 21.4 Å². The van der Waals surface area contributed by atoms with E-state index in [1.165, 1.54) is 4.70 Å². The van der Waals surface area contributed by atoms with E-state index in [2.05, 4.69) is 6.07 Å². The molecule has 1 fully saturated rings. The van der Waals surface area contributed by atoms with Gasteiger partial charge in [-0.25, -0.2) is 4.57 Å². The van der Waals surface area contributed by atoms with Crippen LogP contribution in [-0.2, 0) is 0 Å². The average Bonchev–Trinajstić information content (AvgIpc) is 3.23. The van der Waals surface area contributed by atoms with Gasteiger partial charge in [0.2, 0.25) is 11.8 Å². The molecule has 1 aromatic carbocycles. The van der Waals surface area contributed by atoms with Gasteiger partial charge in [-0.15, -0.1) is 11.3 Å². The largest absolute Gasteiger partial charge is 0.494 e. The standard InChI is InChI=1S/C17H15NO2S/c19-16-14-9-5-6-10(7-9)15(14)17(20)18(16)12-8-21-13-4-2-1-3-11(12)13/h1-4,8-10,19-20H,5-7H2/t9-,10+. The van der Waals surface area contributed by atoms with Crippen molar-refractivity contribution in [3.63, 3.8) is 0 Å². The number of rotatable bonds is 1. The first-order valence-electron chi connectivity index (χ1n) is 7.38. The van der Waals surface area contributed by atoms with E-state index in [0.717, 1.165) is 41.5 Å². The lowest BCUT2D eigenvalue weighted by molar-refractivity contribution is 0.395. The van der Waals surface area contributed by atoms with Crippen LogP contribution in [0.1, 0.15) is 42.2 Å². The minimum Gasteiger partial charge on any atom is -0.494 e. The van der Waals surface area contributed by atoms with E-state index in [0.29, 0.717) is 11.8 Å². The molecule has 2 aliphatic carbocycles. The molecule has 0 saturated heterocycles. The van der Waals surface area contributed by atoms with Gasteiger partial charge in [0.05, 0.1) is 5.69 Å². The van der Waals surface area contributed by atoms with Crippen molar-refractivity contribution in [1.82, 2.24) is 4.57 Å². The molecule has 1 saturated carbocycles.